The van der Waals surface area contributed by atoms with E-state index in [0.717, 1.165) is 0 Å². The van der Waals surface area contributed by atoms with Crippen LogP contribution in [-0.2, 0) is 11.3 Å². The van der Waals surface area contributed by atoms with Gasteiger partial charge in [0.2, 0.25) is 0 Å². The molecule has 1 aromatic rings. The van der Waals surface area contributed by atoms with Crippen molar-refractivity contribution in [2.75, 3.05) is 0 Å². The fraction of sp³-hybridized carbons (Fsp3) is 0.417. The first-order valence-electron chi connectivity index (χ1n) is 5.32. The van der Waals surface area contributed by atoms with Gasteiger partial charge in [-0.2, -0.15) is 0 Å². The van der Waals surface area contributed by atoms with E-state index in [1.54, 1.807) is 6.07 Å². The molecule has 3 nitrogen and oxygen atoms in total. The number of hydrogen-bond donors (Lipinski definition) is 2. The molecule has 0 aliphatic heterocycles. The first kappa shape index (κ1) is 13.9. The Hall–Kier alpha value is -1.13. The zero-order valence-electron chi connectivity index (χ0n) is 9.71. The van der Waals surface area contributed by atoms with Crippen LogP contribution in [0, 0.1) is 11.7 Å². The van der Waals surface area contributed by atoms with Crippen LogP contribution >= 0.6 is 11.6 Å². The van der Waals surface area contributed by atoms with Gasteiger partial charge in [-0.15, -0.1) is 0 Å². The van der Waals surface area contributed by atoms with Gasteiger partial charge < -0.3 is 10.4 Å². The van der Waals surface area contributed by atoms with Crippen LogP contribution in [0.5, 0.6) is 0 Å². The highest BCUT2D eigenvalue weighted by Crippen LogP contribution is 2.15. The Labute approximate surface area is 105 Å². The van der Waals surface area contributed by atoms with Gasteiger partial charge in [-0.25, -0.2) is 4.39 Å². The van der Waals surface area contributed by atoms with Gasteiger partial charge >= 0.3 is 5.97 Å². The van der Waals surface area contributed by atoms with Crippen LogP contribution in [0.4, 0.5) is 4.39 Å². The molecule has 0 radical (unpaired) electrons. The summed E-state index contributed by atoms with van der Waals surface area (Å²) >= 11 is 5.55. The molecule has 0 aliphatic carbocycles. The lowest BCUT2D eigenvalue weighted by Gasteiger charge is -2.17. The molecule has 1 aromatic carbocycles. The van der Waals surface area contributed by atoms with Crippen LogP contribution in [0.15, 0.2) is 18.2 Å². The number of halogens is 2. The predicted molar refractivity (Wildman–Crippen MR) is 64.5 cm³/mol. The summed E-state index contributed by atoms with van der Waals surface area (Å²) in [6, 6.07) is 3.78. The van der Waals surface area contributed by atoms with E-state index in [0.29, 0.717) is 12.1 Å². The van der Waals surface area contributed by atoms with Crippen LogP contribution in [0.25, 0.3) is 0 Å². The molecular weight excluding hydrogens is 245 g/mol. The second-order valence-electron chi connectivity index (χ2n) is 4.19. The fourth-order valence-electron chi connectivity index (χ4n) is 1.49. The smallest absolute Gasteiger partial charge is 0.320 e. The Balaban J connectivity index is 2.65. The van der Waals surface area contributed by atoms with E-state index in [1.807, 2.05) is 13.8 Å². The highest BCUT2D eigenvalue weighted by Gasteiger charge is 2.20. The van der Waals surface area contributed by atoms with Crippen LogP contribution in [-0.4, -0.2) is 17.1 Å². The number of hydrogen-bond acceptors (Lipinski definition) is 2. The molecule has 1 rings (SSSR count). The van der Waals surface area contributed by atoms with Crippen molar-refractivity contribution in [1.29, 1.82) is 0 Å². The van der Waals surface area contributed by atoms with Crippen LogP contribution in [0.1, 0.15) is 19.4 Å². The Morgan fingerprint density at radius 3 is 2.65 bits per heavy atom. The fourth-order valence-corrected chi connectivity index (χ4v) is 1.60. The lowest BCUT2D eigenvalue weighted by molar-refractivity contribution is -0.140. The standard InChI is InChI=1S/C12H15ClFNO2/c1-7(2)11(12(16)17)15-6-8-3-4-9(13)10(14)5-8/h3-5,7,11,15H,6H2,1-2H3,(H,16,17). The van der Waals surface area contributed by atoms with Gasteiger partial charge in [0.25, 0.3) is 0 Å². The maximum Gasteiger partial charge on any atom is 0.320 e. The van der Waals surface area contributed by atoms with E-state index in [2.05, 4.69) is 5.32 Å². The molecule has 1 unspecified atom stereocenters. The minimum Gasteiger partial charge on any atom is -0.480 e. The van der Waals surface area contributed by atoms with Crippen molar-refractivity contribution in [3.05, 3.63) is 34.6 Å². The molecule has 94 valence electrons. The minimum absolute atomic E-state index is 0.0374. The second-order valence-corrected chi connectivity index (χ2v) is 4.60. The molecule has 1 atom stereocenters. The van der Waals surface area contributed by atoms with Gasteiger partial charge in [0.1, 0.15) is 11.9 Å². The number of carboxylic acid groups (broad SMARTS) is 1. The first-order valence-corrected chi connectivity index (χ1v) is 5.69. The van der Waals surface area contributed by atoms with Crippen molar-refractivity contribution in [2.24, 2.45) is 5.92 Å². The van der Waals surface area contributed by atoms with Gasteiger partial charge in [0.15, 0.2) is 0 Å². The van der Waals surface area contributed by atoms with Gasteiger partial charge in [-0.05, 0) is 23.6 Å². The van der Waals surface area contributed by atoms with Crippen molar-refractivity contribution >= 4 is 17.6 Å². The van der Waals surface area contributed by atoms with Crippen molar-refractivity contribution in [2.45, 2.75) is 26.4 Å². The Morgan fingerprint density at radius 1 is 1.53 bits per heavy atom. The zero-order chi connectivity index (χ0) is 13.0. The number of nitrogens with one attached hydrogen (secondary N) is 1. The normalized spacial score (nSPS) is 12.8. The summed E-state index contributed by atoms with van der Waals surface area (Å²) in [6.07, 6.45) is 0. The summed E-state index contributed by atoms with van der Waals surface area (Å²) in [5.74, 6) is -1.44. The van der Waals surface area contributed by atoms with Crippen LogP contribution in [0.3, 0.4) is 0 Å². The largest absolute Gasteiger partial charge is 0.480 e. The Kier molecular flexibility index (Phi) is 4.90. The highest BCUT2D eigenvalue weighted by atomic mass is 35.5. The molecule has 0 aliphatic rings. The molecule has 0 saturated carbocycles. The summed E-state index contributed by atoms with van der Waals surface area (Å²) in [7, 11) is 0. The van der Waals surface area contributed by atoms with Crippen LogP contribution < -0.4 is 5.32 Å². The summed E-state index contributed by atoms with van der Waals surface area (Å²) < 4.78 is 13.1. The lowest BCUT2D eigenvalue weighted by Crippen LogP contribution is -2.40. The third kappa shape index (κ3) is 3.98. The Bertz CT molecular complexity index is 409. The van der Waals surface area contributed by atoms with E-state index >= 15 is 0 Å². The molecule has 0 spiro atoms. The molecule has 0 saturated heterocycles. The number of benzene rings is 1. The molecule has 5 heteroatoms. The maximum atomic E-state index is 13.1. The summed E-state index contributed by atoms with van der Waals surface area (Å²) in [5, 5.41) is 11.9. The van der Waals surface area contributed by atoms with Gasteiger partial charge in [0.05, 0.1) is 5.02 Å². The monoisotopic (exact) mass is 259 g/mol. The molecular formula is C12H15ClFNO2. The van der Waals surface area contributed by atoms with E-state index in [1.165, 1.54) is 12.1 Å². The summed E-state index contributed by atoms with van der Waals surface area (Å²) in [5.41, 5.74) is 0.666. The van der Waals surface area contributed by atoms with Crippen LogP contribution in [0.2, 0.25) is 5.02 Å². The number of carboxylic acids is 1. The van der Waals surface area contributed by atoms with E-state index < -0.39 is 17.8 Å². The summed E-state index contributed by atoms with van der Waals surface area (Å²) in [6.45, 7) is 3.92. The van der Waals surface area contributed by atoms with Gasteiger partial charge in [-0.1, -0.05) is 31.5 Å². The number of aliphatic carboxylic acids is 1. The molecule has 0 bridgehead atoms. The predicted octanol–water partition coefficient (Wildman–Crippen LogP) is 2.68. The first-order chi connectivity index (χ1) is 7.91. The summed E-state index contributed by atoms with van der Waals surface area (Å²) in [4.78, 5) is 10.9. The van der Waals surface area contributed by atoms with Crippen molar-refractivity contribution in [3.8, 4) is 0 Å². The third-order valence-corrected chi connectivity index (χ3v) is 2.75. The Morgan fingerprint density at radius 2 is 2.18 bits per heavy atom. The van der Waals surface area contributed by atoms with Crippen molar-refractivity contribution in [1.82, 2.24) is 5.32 Å². The number of carbonyl (C=O) groups is 1. The van der Waals surface area contributed by atoms with E-state index in [4.69, 9.17) is 16.7 Å². The number of rotatable bonds is 5. The SMILES string of the molecule is CC(C)C(NCc1ccc(Cl)c(F)c1)C(=O)O. The van der Waals surface area contributed by atoms with E-state index in [9.17, 15) is 9.18 Å². The lowest BCUT2D eigenvalue weighted by atomic mass is 10.0. The van der Waals surface area contributed by atoms with Gasteiger partial charge in [-0.3, -0.25) is 4.79 Å². The molecule has 0 amide bonds. The van der Waals surface area contributed by atoms with Gasteiger partial charge in [0, 0.05) is 6.54 Å². The highest BCUT2D eigenvalue weighted by molar-refractivity contribution is 6.30. The van der Waals surface area contributed by atoms with E-state index in [-0.39, 0.29) is 10.9 Å². The second kappa shape index (κ2) is 5.98. The quantitative estimate of drug-likeness (QED) is 0.855. The maximum absolute atomic E-state index is 13.1. The molecule has 0 fully saturated rings. The third-order valence-electron chi connectivity index (χ3n) is 2.44. The average Bonchev–Trinajstić information content (AvgIpc) is 2.22. The molecule has 0 aromatic heterocycles. The van der Waals surface area contributed by atoms with Crippen molar-refractivity contribution in [3.63, 3.8) is 0 Å². The molecule has 17 heavy (non-hydrogen) atoms. The molecule has 2 N–H and O–H groups in total. The zero-order valence-corrected chi connectivity index (χ0v) is 10.5. The molecule has 0 heterocycles. The average molecular weight is 260 g/mol. The topological polar surface area (TPSA) is 49.3 Å². The minimum atomic E-state index is -0.908. The van der Waals surface area contributed by atoms with Crippen molar-refractivity contribution < 1.29 is 14.3 Å².